The Morgan fingerprint density at radius 2 is 2.11 bits per heavy atom. The van der Waals surface area contributed by atoms with E-state index in [0.717, 1.165) is 10.2 Å². The molecule has 0 radical (unpaired) electrons. The molecule has 0 spiro atoms. The molecule has 1 nitrogen and oxygen atoms in total. The molecule has 0 saturated carbocycles. The second-order valence-electron chi connectivity index (χ2n) is 3.31. The van der Waals surface area contributed by atoms with E-state index in [0.29, 0.717) is 11.1 Å². The van der Waals surface area contributed by atoms with E-state index in [4.69, 9.17) is 4.74 Å². The first-order valence-corrected chi connectivity index (χ1v) is 4.25. The van der Waals surface area contributed by atoms with Gasteiger partial charge in [0.25, 0.3) is 0 Å². The maximum atomic E-state index is 5.20. The Kier molecular flexibility index (Phi) is 2.98. The monoisotopic (exact) mass is 144 g/mol. The smallest absolute Gasteiger partial charge is 0.0967 e. The van der Waals surface area contributed by atoms with Gasteiger partial charge in [-0.15, -0.1) is 0 Å². The molecule has 0 saturated heterocycles. The van der Waals surface area contributed by atoms with Gasteiger partial charge in [-0.3, -0.25) is 0 Å². The molecule has 0 aliphatic carbocycles. The van der Waals surface area contributed by atoms with E-state index < -0.39 is 0 Å². The molecular formula is C7H16OSi. The highest BCUT2D eigenvalue weighted by atomic mass is 28.1. The summed E-state index contributed by atoms with van der Waals surface area (Å²) in [7, 11) is 1.15. The molecule has 54 valence electrons. The average Bonchev–Trinajstić information content (AvgIpc) is 1.64. The molecule has 0 aromatic heterocycles. The van der Waals surface area contributed by atoms with Crippen molar-refractivity contribution in [2.75, 3.05) is 0 Å². The maximum absolute atomic E-state index is 5.20. The van der Waals surface area contributed by atoms with E-state index in [1.54, 1.807) is 0 Å². The van der Waals surface area contributed by atoms with Crippen LogP contribution in [0, 0.1) is 0 Å². The van der Waals surface area contributed by atoms with E-state index >= 15 is 0 Å². The van der Waals surface area contributed by atoms with Crippen molar-refractivity contribution in [3.63, 3.8) is 0 Å². The lowest BCUT2D eigenvalue weighted by atomic mass is 10.1. The van der Waals surface area contributed by atoms with Crippen LogP contribution >= 0.6 is 0 Å². The van der Waals surface area contributed by atoms with Crippen LogP contribution in [0.5, 0.6) is 0 Å². The molecular weight excluding hydrogens is 128 g/mol. The Balaban J connectivity index is 3.72. The van der Waals surface area contributed by atoms with Crippen LogP contribution in [0.4, 0.5) is 0 Å². The highest BCUT2D eigenvalue weighted by molar-refractivity contribution is 6.15. The minimum absolute atomic E-state index is 0.307. The first-order valence-electron chi connectivity index (χ1n) is 3.25. The Hall–Kier alpha value is -0.243. The number of hydrogen-bond donors (Lipinski definition) is 0. The van der Waals surface area contributed by atoms with E-state index in [9.17, 15) is 0 Å². The van der Waals surface area contributed by atoms with Crippen molar-refractivity contribution in [1.29, 1.82) is 0 Å². The Labute approximate surface area is 60.5 Å². The zero-order valence-electron chi connectivity index (χ0n) is 6.77. The molecule has 0 bridgehead atoms. The second kappa shape index (κ2) is 3.06. The molecule has 2 heteroatoms. The van der Waals surface area contributed by atoms with Crippen LogP contribution in [0.3, 0.4) is 0 Å². The average molecular weight is 144 g/mol. The zero-order valence-corrected chi connectivity index (χ0v) is 8.77. The molecule has 1 atom stereocenters. The van der Waals surface area contributed by atoms with Crippen molar-refractivity contribution in [3.8, 4) is 0 Å². The highest BCUT2D eigenvalue weighted by Gasteiger charge is 2.19. The van der Waals surface area contributed by atoms with Crippen molar-refractivity contribution in [2.24, 2.45) is 0 Å². The summed E-state index contributed by atoms with van der Waals surface area (Å²) in [6.45, 7) is 9.99. The van der Waals surface area contributed by atoms with Crippen LogP contribution < -0.4 is 0 Å². The molecule has 0 N–H and O–H groups in total. The molecule has 0 aromatic carbocycles. The van der Waals surface area contributed by atoms with Crippen molar-refractivity contribution >= 4 is 10.2 Å². The largest absolute Gasteiger partial charge is 0.499 e. The molecule has 0 amide bonds. The Bertz CT molecular complexity index is 93.6. The van der Waals surface area contributed by atoms with Gasteiger partial charge < -0.3 is 4.74 Å². The third-order valence-corrected chi connectivity index (χ3v) is 2.33. The van der Waals surface area contributed by atoms with Crippen LogP contribution in [0.2, 0.25) is 5.04 Å². The van der Waals surface area contributed by atoms with Crippen LogP contribution in [-0.4, -0.2) is 16.3 Å². The normalized spacial score (nSPS) is 15.0. The van der Waals surface area contributed by atoms with Crippen LogP contribution in [-0.2, 0) is 4.74 Å². The summed E-state index contributed by atoms with van der Waals surface area (Å²) in [5, 5.41) is 0.355. The molecule has 0 rings (SSSR count). The van der Waals surface area contributed by atoms with Gasteiger partial charge >= 0.3 is 0 Å². The molecule has 0 aromatic rings. The predicted molar refractivity (Wildman–Crippen MR) is 44.7 cm³/mol. The van der Waals surface area contributed by atoms with Crippen LogP contribution in [0.25, 0.3) is 0 Å². The molecule has 0 heterocycles. The summed E-state index contributed by atoms with van der Waals surface area (Å²) in [6, 6.07) is 0. The van der Waals surface area contributed by atoms with E-state index in [1.807, 2.05) is 0 Å². The molecule has 0 aliphatic rings. The van der Waals surface area contributed by atoms with Crippen LogP contribution in [0.1, 0.15) is 20.8 Å². The van der Waals surface area contributed by atoms with Gasteiger partial charge in [-0.05, 0) is 12.0 Å². The fraction of sp³-hybridized carbons (Fsp3) is 0.714. The van der Waals surface area contributed by atoms with E-state index in [-0.39, 0.29) is 0 Å². The SMILES string of the molecule is C=COC(C)C(C)(C)[SiH3]. The van der Waals surface area contributed by atoms with Gasteiger partial charge in [0.2, 0.25) is 0 Å². The van der Waals surface area contributed by atoms with Gasteiger partial charge in [-0.25, -0.2) is 0 Å². The fourth-order valence-electron chi connectivity index (χ4n) is 0.348. The van der Waals surface area contributed by atoms with Gasteiger partial charge in [0.05, 0.1) is 12.4 Å². The number of ether oxygens (including phenoxy) is 1. The van der Waals surface area contributed by atoms with Crippen molar-refractivity contribution in [3.05, 3.63) is 12.8 Å². The van der Waals surface area contributed by atoms with Crippen molar-refractivity contribution < 1.29 is 4.74 Å². The predicted octanol–water partition coefficient (Wildman–Crippen LogP) is 1.10. The second-order valence-corrected chi connectivity index (χ2v) is 5.89. The first kappa shape index (κ1) is 8.76. The molecule has 0 aliphatic heterocycles. The maximum Gasteiger partial charge on any atom is 0.0967 e. The number of rotatable bonds is 3. The standard InChI is InChI=1S/C7H16OSi/c1-5-8-6(2)7(3,4)9/h5-6H,1H2,2-4,9H3. The zero-order chi connectivity index (χ0) is 7.49. The molecule has 9 heavy (non-hydrogen) atoms. The first-order chi connectivity index (χ1) is 3.98. The summed E-state index contributed by atoms with van der Waals surface area (Å²) in [6.07, 6.45) is 1.83. The minimum Gasteiger partial charge on any atom is -0.499 e. The summed E-state index contributed by atoms with van der Waals surface area (Å²) in [4.78, 5) is 0. The lowest BCUT2D eigenvalue weighted by Crippen LogP contribution is -2.21. The van der Waals surface area contributed by atoms with Gasteiger partial charge in [0, 0.05) is 10.2 Å². The Morgan fingerprint density at radius 3 is 2.22 bits per heavy atom. The van der Waals surface area contributed by atoms with Gasteiger partial charge in [0.15, 0.2) is 0 Å². The topological polar surface area (TPSA) is 9.23 Å². The fourth-order valence-corrected chi connectivity index (χ4v) is 0.485. The Morgan fingerprint density at radius 1 is 1.67 bits per heavy atom. The third-order valence-electron chi connectivity index (χ3n) is 1.52. The van der Waals surface area contributed by atoms with Crippen LogP contribution in [0.15, 0.2) is 12.8 Å². The van der Waals surface area contributed by atoms with Crippen molar-refractivity contribution in [1.82, 2.24) is 0 Å². The van der Waals surface area contributed by atoms with E-state index in [1.165, 1.54) is 6.26 Å². The van der Waals surface area contributed by atoms with Gasteiger partial charge in [-0.1, -0.05) is 20.4 Å². The summed E-state index contributed by atoms with van der Waals surface area (Å²) in [5.41, 5.74) is 0. The summed E-state index contributed by atoms with van der Waals surface area (Å²) in [5.74, 6) is 0. The number of hydrogen-bond acceptors (Lipinski definition) is 1. The summed E-state index contributed by atoms with van der Waals surface area (Å²) < 4.78 is 5.20. The minimum atomic E-state index is 0.307. The van der Waals surface area contributed by atoms with E-state index in [2.05, 4.69) is 27.4 Å². The highest BCUT2D eigenvalue weighted by Crippen LogP contribution is 2.25. The molecule has 1 unspecified atom stereocenters. The molecule has 0 fully saturated rings. The van der Waals surface area contributed by atoms with Gasteiger partial charge in [-0.2, -0.15) is 0 Å². The van der Waals surface area contributed by atoms with Crippen molar-refractivity contribution in [2.45, 2.75) is 31.9 Å². The lowest BCUT2D eigenvalue weighted by Gasteiger charge is -2.25. The third kappa shape index (κ3) is 3.35. The van der Waals surface area contributed by atoms with Gasteiger partial charge in [0.1, 0.15) is 0 Å². The quantitative estimate of drug-likeness (QED) is 0.426. The summed E-state index contributed by atoms with van der Waals surface area (Å²) >= 11 is 0. The lowest BCUT2D eigenvalue weighted by molar-refractivity contribution is 0.127.